The van der Waals surface area contributed by atoms with E-state index < -0.39 is 0 Å². The van der Waals surface area contributed by atoms with Crippen LogP contribution in [0, 0.1) is 0 Å². The predicted molar refractivity (Wildman–Crippen MR) is 87.2 cm³/mol. The zero-order valence-electron chi connectivity index (χ0n) is 9.41. The highest BCUT2D eigenvalue weighted by Crippen LogP contribution is 2.40. The van der Waals surface area contributed by atoms with Gasteiger partial charge in [0.2, 0.25) is 0 Å². The highest BCUT2D eigenvalue weighted by molar-refractivity contribution is 9.11. The van der Waals surface area contributed by atoms with E-state index in [0.29, 0.717) is 0 Å². The number of hydrogen-bond acceptors (Lipinski definition) is 4. The second-order valence-electron chi connectivity index (χ2n) is 4.15. The lowest BCUT2D eigenvalue weighted by atomic mass is 10.1. The predicted octanol–water partition coefficient (Wildman–Crippen LogP) is 5.06. The van der Waals surface area contributed by atoms with Gasteiger partial charge in [0.25, 0.3) is 0 Å². The van der Waals surface area contributed by atoms with Gasteiger partial charge in [0.15, 0.2) is 0 Å². The molecule has 0 spiro atoms. The molecule has 2 N–H and O–H groups in total. The standard InChI is InChI=1S/C12H11BrClNS3/c13-12-7(14)4-10(18-12)11(15)9-3-6-5-16-2-1-8(6)17-9/h3-4,11H,1-2,5,15H2. The molecule has 0 saturated carbocycles. The molecule has 0 radical (unpaired) electrons. The van der Waals surface area contributed by atoms with Gasteiger partial charge in [0.05, 0.1) is 14.9 Å². The van der Waals surface area contributed by atoms with Gasteiger partial charge in [0.1, 0.15) is 0 Å². The number of aryl methyl sites for hydroxylation is 1. The molecule has 1 atom stereocenters. The summed E-state index contributed by atoms with van der Waals surface area (Å²) in [7, 11) is 0. The van der Waals surface area contributed by atoms with Crippen molar-refractivity contribution in [2.24, 2.45) is 5.73 Å². The van der Waals surface area contributed by atoms with Gasteiger partial charge in [0, 0.05) is 20.4 Å². The van der Waals surface area contributed by atoms with Crippen LogP contribution >= 0.6 is 62.0 Å². The van der Waals surface area contributed by atoms with Crippen LogP contribution in [0.3, 0.4) is 0 Å². The van der Waals surface area contributed by atoms with Crippen molar-refractivity contribution in [3.05, 3.63) is 41.1 Å². The number of hydrogen-bond donors (Lipinski definition) is 1. The molecule has 0 fully saturated rings. The highest BCUT2D eigenvalue weighted by Gasteiger charge is 2.20. The summed E-state index contributed by atoms with van der Waals surface area (Å²) < 4.78 is 0.964. The number of nitrogens with two attached hydrogens (primary N) is 1. The maximum atomic E-state index is 6.35. The molecule has 0 aromatic carbocycles. The molecule has 96 valence electrons. The van der Waals surface area contributed by atoms with Crippen LogP contribution in [0.4, 0.5) is 0 Å². The summed E-state index contributed by atoms with van der Waals surface area (Å²) in [4.78, 5) is 3.90. The Morgan fingerprint density at radius 1 is 1.28 bits per heavy atom. The minimum atomic E-state index is -0.0422. The van der Waals surface area contributed by atoms with E-state index in [-0.39, 0.29) is 6.04 Å². The van der Waals surface area contributed by atoms with E-state index in [1.807, 2.05) is 29.2 Å². The molecule has 1 aliphatic rings. The van der Waals surface area contributed by atoms with Crippen molar-refractivity contribution in [1.29, 1.82) is 0 Å². The average Bonchev–Trinajstić information content (AvgIpc) is 2.93. The Labute approximate surface area is 132 Å². The van der Waals surface area contributed by atoms with Gasteiger partial charge in [-0.05, 0) is 45.8 Å². The van der Waals surface area contributed by atoms with Crippen molar-refractivity contribution < 1.29 is 0 Å². The second kappa shape index (κ2) is 5.46. The summed E-state index contributed by atoms with van der Waals surface area (Å²) in [6.07, 6.45) is 1.19. The van der Waals surface area contributed by atoms with E-state index in [1.54, 1.807) is 11.3 Å². The van der Waals surface area contributed by atoms with Crippen LogP contribution < -0.4 is 5.73 Å². The van der Waals surface area contributed by atoms with Gasteiger partial charge >= 0.3 is 0 Å². The van der Waals surface area contributed by atoms with E-state index >= 15 is 0 Å². The first-order valence-electron chi connectivity index (χ1n) is 5.54. The molecule has 0 aliphatic carbocycles. The smallest absolute Gasteiger partial charge is 0.0888 e. The van der Waals surface area contributed by atoms with Crippen molar-refractivity contribution in [3.8, 4) is 0 Å². The van der Waals surface area contributed by atoms with Crippen molar-refractivity contribution in [1.82, 2.24) is 0 Å². The topological polar surface area (TPSA) is 26.0 Å². The third kappa shape index (κ3) is 2.53. The van der Waals surface area contributed by atoms with Gasteiger partial charge in [-0.1, -0.05) is 11.6 Å². The van der Waals surface area contributed by atoms with Gasteiger partial charge in [-0.3, -0.25) is 0 Å². The Morgan fingerprint density at radius 3 is 2.72 bits per heavy atom. The quantitative estimate of drug-likeness (QED) is 0.787. The molecule has 2 aromatic rings. The largest absolute Gasteiger partial charge is 0.319 e. The minimum absolute atomic E-state index is 0.0422. The fourth-order valence-corrected chi connectivity index (χ4v) is 6.22. The third-order valence-corrected chi connectivity index (χ3v) is 7.81. The zero-order chi connectivity index (χ0) is 12.7. The monoisotopic (exact) mass is 379 g/mol. The Morgan fingerprint density at radius 2 is 2.06 bits per heavy atom. The van der Waals surface area contributed by atoms with Crippen LogP contribution in [0.15, 0.2) is 15.9 Å². The lowest BCUT2D eigenvalue weighted by molar-refractivity contribution is 0.916. The number of fused-ring (bicyclic) bond motifs is 1. The Balaban J connectivity index is 1.92. The average molecular weight is 381 g/mol. The molecule has 0 bridgehead atoms. The van der Waals surface area contributed by atoms with Gasteiger partial charge < -0.3 is 5.73 Å². The van der Waals surface area contributed by atoms with E-state index in [2.05, 4.69) is 22.0 Å². The summed E-state index contributed by atoms with van der Waals surface area (Å²) in [5.41, 5.74) is 7.82. The van der Waals surface area contributed by atoms with Crippen LogP contribution in [0.5, 0.6) is 0 Å². The zero-order valence-corrected chi connectivity index (χ0v) is 14.2. The van der Waals surface area contributed by atoms with Crippen molar-refractivity contribution in [3.63, 3.8) is 0 Å². The molecule has 18 heavy (non-hydrogen) atoms. The maximum absolute atomic E-state index is 6.35. The Hall–Kier alpha value is 0.480. The SMILES string of the molecule is NC(c1cc(Cl)c(Br)s1)c1cc2c(s1)CCSC2. The molecule has 1 nitrogen and oxygen atoms in total. The molecule has 1 aliphatic heterocycles. The number of rotatable bonds is 2. The van der Waals surface area contributed by atoms with E-state index in [4.69, 9.17) is 17.3 Å². The van der Waals surface area contributed by atoms with E-state index in [0.717, 1.165) is 19.4 Å². The van der Waals surface area contributed by atoms with Gasteiger partial charge in [-0.15, -0.1) is 22.7 Å². The summed E-state index contributed by atoms with van der Waals surface area (Å²) in [5.74, 6) is 2.37. The summed E-state index contributed by atoms with van der Waals surface area (Å²) in [6.45, 7) is 0. The molecular formula is C12H11BrClNS3. The lowest BCUT2D eigenvalue weighted by Gasteiger charge is -2.08. The van der Waals surface area contributed by atoms with Crippen molar-refractivity contribution >= 4 is 62.0 Å². The molecule has 0 saturated heterocycles. The number of thioether (sulfide) groups is 1. The van der Waals surface area contributed by atoms with Crippen LogP contribution in [0.2, 0.25) is 5.02 Å². The third-order valence-electron chi connectivity index (χ3n) is 2.92. The number of thiophene rings is 2. The molecular weight excluding hydrogens is 370 g/mol. The second-order valence-corrected chi connectivity index (χ2v) is 9.23. The summed E-state index contributed by atoms with van der Waals surface area (Å²) in [5, 5.41) is 0.752. The van der Waals surface area contributed by atoms with Gasteiger partial charge in [-0.2, -0.15) is 11.8 Å². The molecule has 6 heteroatoms. The van der Waals surface area contributed by atoms with Crippen LogP contribution in [0.25, 0.3) is 0 Å². The Kier molecular flexibility index (Phi) is 4.09. The van der Waals surface area contributed by atoms with Crippen LogP contribution in [-0.4, -0.2) is 5.75 Å². The Bertz CT molecular complexity index is 535. The lowest BCUT2D eigenvalue weighted by Crippen LogP contribution is -2.08. The minimum Gasteiger partial charge on any atom is -0.319 e. The maximum Gasteiger partial charge on any atom is 0.0888 e. The molecule has 1 unspecified atom stereocenters. The fraction of sp³-hybridized carbons (Fsp3) is 0.333. The molecule has 3 rings (SSSR count). The van der Waals surface area contributed by atoms with Crippen molar-refractivity contribution in [2.75, 3.05) is 5.75 Å². The first-order chi connectivity index (χ1) is 8.65. The fourth-order valence-electron chi connectivity index (χ4n) is 1.98. The van der Waals surface area contributed by atoms with E-state index in [1.165, 1.54) is 27.5 Å². The number of halogens is 2. The molecule has 0 amide bonds. The van der Waals surface area contributed by atoms with Crippen LogP contribution in [-0.2, 0) is 12.2 Å². The van der Waals surface area contributed by atoms with E-state index in [9.17, 15) is 0 Å². The first-order valence-corrected chi connectivity index (χ1v) is 9.50. The summed E-state index contributed by atoms with van der Waals surface area (Å²) >= 11 is 15.0. The normalized spacial score (nSPS) is 16.6. The molecule has 2 aromatic heterocycles. The van der Waals surface area contributed by atoms with Crippen molar-refractivity contribution in [2.45, 2.75) is 18.2 Å². The first kappa shape index (κ1) is 13.5. The van der Waals surface area contributed by atoms with Gasteiger partial charge in [-0.25, -0.2) is 0 Å². The molecule has 3 heterocycles. The van der Waals surface area contributed by atoms with Crippen LogP contribution in [0.1, 0.15) is 26.2 Å². The highest BCUT2D eigenvalue weighted by atomic mass is 79.9. The summed E-state index contributed by atoms with van der Waals surface area (Å²) in [6, 6.07) is 4.20.